The van der Waals surface area contributed by atoms with Crippen LogP contribution in [0.2, 0.25) is 0 Å². The molecule has 0 fully saturated rings. The van der Waals surface area contributed by atoms with E-state index in [1.165, 1.54) is 0 Å². The Morgan fingerprint density at radius 1 is 1.48 bits per heavy atom. The molecule has 136 valence electrons. The summed E-state index contributed by atoms with van der Waals surface area (Å²) in [6.45, 7) is 3.29. The summed E-state index contributed by atoms with van der Waals surface area (Å²) in [5.41, 5.74) is 7.19. The third-order valence-electron chi connectivity index (χ3n) is 3.99. The zero-order valence-electron chi connectivity index (χ0n) is 14.4. The predicted molar refractivity (Wildman–Crippen MR) is 93.1 cm³/mol. The van der Waals surface area contributed by atoms with E-state index in [1.54, 1.807) is 23.1 Å². The van der Waals surface area contributed by atoms with Crippen molar-refractivity contribution in [3.63, 3.8) is 0 Å². The molecule has 0 spiro atoms. The van der Waals surface area contributed by atoms with E-state index < -0.39 is 0 Å². The van der Waals surface area contributed by atoms with Gasteiger partial charge in [-0.15, -0.1) is 0 Å². The van der Waals surface area contributed by atoms with Crippen LogP contribution >= 0.6 is 0 Å². The average Bonchev–Trinajstić information content (AvgIpc) is 2.63. The van der Waals surface area contributed by atoms with Gasteiger partial charge in [-0.1, -0.05) is 6.92 Å². The van der Waals surface area contributed by atoms with Gasteiger partial charge >= 0.3 is 0 Å². The van der Waals surface area contributed by atoms with Gasteiger partial charge in [0.1, 0.15) is 12.4 Å². The van der Waals surface area contributed by atoms with Crippen LogP contribution < -0.4 is 15.8 Å². The molecule has 1 aliphatic rings. The smallest absolute Gasteiger partial charge is 0.254 e. The van der Waals surface area contributed by atoms with Gasteiger partial charge in [0.05, 0.1) is 12.9 Å². The minimum Gasteiger partial charge on any atom is -0.489 e. The van der Waals surface area contributed by atoms with E-state index in [0.717, 1.165) is 12.0 Å². The summed E-state index contributed by atoms with van der Waals surface area (Å²) in [5.74, 6) is 0.255. The number of amides is 2. The quantitative estimate of drug-likeness (QED) is 0.743. The first-order chi connectivity index (χ1) is 12.1. The summed E-state index contributed by atoms with van der Waals surface area (Å²) in [6, 6.07) is 5.14. The van der Waals surface area contributed by atoms with Crippen LogP contribution in [0.3, 0.4) is 0 Å². The number of carbonyl (C=O) groups is 2. The standard InChI is InChI=1S/C18H24FN3O3/c1-2-6-21-17(23)11-22-7-5-14-8-15(3-4-16(14)18(22)24)25-12-13(9-19)10-20/h3-4,8-9H,2,5-7,10-12,20H2,1H3,(H,21,23)/b13-9-. The highest BCUT2D eigenvalue weighted by atomic mass is 19.1. The third-order valence-corrected chi connectivity index (χ3v) is 3.99. The maximum atomic E-state index is 12.5. The normalized spacial score (nSPS) is 14.3. The highest BCUT2D eigenvalue weighted by molar-refractivity contribution is 5.98. The third kappa shape index (κ3) is 5.03. The van der Waals surface area contributed by atoms with Gasteiger partial charge in [-0.2, -0.15) is 0 Å². The second-order valence-electron chi connectivity index (χ2n) is 5.91. The molecule has 0 atom stereocenters. The Bertz CT molecular complexity index is 661. The van der Waals surface area contributed by atoms with Crippen molar-refractivity contribution in [2.45, 2.75) is 19.8 Å². The topological polar surface area (TPSA) is 84.7 Å². The zero-order valence-corrected chi connectivity index (χ0v) is 14.4. The molecule has 25 heavy (non-hydrogen) atoms. The molecule has 3 N–H and O–H groups in total. The molecule has 1 aromatic carbocycles. The lowest BCUT2D eigenvalue weighted by Gasteiger charge is -2.28. The molecule has 0 radical (unpaired) electrons. The zero-order chi connectivity index (χ0) is 18.2. The molecule has 1 heterocycles. The summed E-state index contributed by atoms with van der Waals surface area (Å²) in [5, 5.41) is 2.77. The van der Waals surface area contributed by atoms with Gasteiger partial charge in [0.25, 0.3) is 5.91 Å². The van der Waals surface area contributed by atoms with E-state index in [0.29, 0.717) is 42.7 Å². The molecule has 0 unspecified atom stereocenters. The van der Waals surface area contributed by atoms with Gasteiger partial charge in [-0.05, 0) is 36.6 Å². The number of rotatable bonds is 8. The molecule has 0 saturated carbocycles. The summed E-state index contributed by atoms with van der Waals surface area (Å²) in [7, 11) is 0. The lowest BCUT2D eigenvalue weighted by Crippen LogP contribution is -2.44. The summed E-state index contributed by atoms with van der Waals surface area (Å²) in [4.78, 5) is 25.9. The number of nitrogens with zero attached hydrogens (tertiary/aromatic N) is 1. The number of fused-ring (bicyclic) bond motifs is 1. The number of carbonyl (C=O) groups excluding carboxylic acids is 2. The summed E-state index contributed by atoms with van der Waals surface area (Å²) < 4.78 is 18.0. The van der Waals surface area contributed by atoms with Crippen LogP contribution in [0.25, 0.3) is 0 Å². The first-order valence-electron chi connectivity index (χ1n) is 8.39. The molecule has 0 saturated heterocycles. The lowest BCUT2D eigenvalue weighted by molar-refractivity contribution is -0.121. The highest BCUT2D eigenvalue weighted by Crippen LogP contribution is 2.24. The summed E-state index contributed by atoms with van der Waals surface area (Å²) in [6.07, 6.45) is 1.94. The second kappa shape index (κ2) is 9.17. The Labute approximate surface area is 146 Å². The van der Waals surface area contributed by atoms with Crippen molar-refractivity contribution in [1.82, 2.24) is 10.2 Å². The van der Waals surface area contributed by atoms with E-state index in [-0.39, 0.29) is 31.5 Å². The molecular formula is C18H24FN3O3. The highest BCUT2D eigenvalue weighted by Gasteiger charge is 2.26. The van der Waals surface area contributed by atoms with Gasteiger partial charge in [0.15, 0.2) is 0 Å². The molecule has 2 amide bonds. The number of benzene rings is 1. The van der Waals surface area contributed by atoms with E-state index in [2.05, 4.69) is 5.32 Å². The fourth-order valence-corrected chi connectivity index (χ4v) is 2.56. The van der Waals surface area contributed by atoms with Crippen LogP contribution in [0.1, 0.15) is 29.3 Å². The van der Waals surface area contributed by atoms with Crippen molar-refractivity contribution >= 4 is 11.8 Å². The number of ether oxygens (including phenoxy) is 1. The number of halogens is 1. The van der Waals surface area contributed by atoms with E-state index >= 15 is 0 Å². The van der Waals surface area contributed by atoms with Crippen LogP contribution in [0.4, 0.5) is 4.39 Å². The van der Waals surface area contributed by atoms with Crippen molar-refractivity contribution < 1.29 is 18.7 Å². The Kier molecular flexibility index (Phi) is 6.94. The SMILES string of the molecule is CCCNC(=O)CN1CCc2cc(OC/C(=C\F)CN)ccc2C1=O. The van der Waals surface area contributed by atoms with Gasteiger partial charge in [-0.25, -0.2) is 4.39 Å². The van der Waals surface area contributed by atoms with Crippen molar-refractivity contribution in [1.29, 1.82) is 0 Å². The fourth-order valence-electron chi connectivity index (χ4n) is 2.56. The molecule has 1 aliphatic heterocycles. The number of nitrogens with one attached hydrogen (secondary N) is 1. The maximum absolute atomic E-state index is 12.5. The van der Waals surface area contributed by atoms with Gasteiger partial charge < -0.3 is 20.7 Å². The Balaban J connectivity index is 2.01. The largest absolute Gasteiger partial charge is 0.489 e. The molecule has 0 aromatic heterocycles. The maximum Gasteiger partial charge on any atom is 0.254 e. The van der Waals surface area contributed by atoms with Gasteiger partial charge in [0.2, 0.25) is 5.91 Å². The molecular weight excluding hydrogens is 325 g/mol. The molecule has 0 aliphatic carbocycles. The lowest BCUT2D eigenvalue weighted by atomic mass is 9.98. The molecule has 1 aromatic rings. The van der Waals surface area contributed by atoms with Gasteiger partial charge in [-0.3, -0.25) is 9.59 Å². The Morgan fingerprint density at radius 2 is 2.28 bits per heavy atom. The average molecular weight is 349 g/mol. The second-order valence-corrected chi connectivity index (χ2v) is 5.91. The Morgan fingerprint density at radius 3 is 2.96 bits per heavy atom. The van der Waals surface area contributed by atoms with Crippen LogP contribution in [0.5, 0.6) is 5.75 Å². The number of nitrogens with two attached hydrogens (primary N) is 1. The van der Waals surface area contributed by atoms with Crippen molar-refractivity contribution in [2.24, 2.45) is 5.73 Å². The first kappa shape index (κ1) is 18.9. The molecule has 6 nitrogen and oxygen atoms in total. The molecule has 0 bridgehead atoms. The Hall–Kier alpha value is -2.41. The van der Waals surface area contributed by atoms with Crippen LogP contribution in [-0.2, 0) is 11.2 Å². The monoisotopic (exact) mass is 349 g/mol. The minimum absolute atomic E-state index is 0.0671. The van der Waals surface area contributed by atoms with Crippen molar-refractivity contribution in [3.8, 4) is 5.75 Å². The first-order valence-corrected chi connectivity index (χ1v) is 8.39. The van der Waals surface area contributed by atoms with Gasteiger partial charge in [0, 0.05) is 30.8 Å². The van der Waals surface area contributed by atoms with E-state index in [1.807, 2.05) is 6.92 Å². The van der Waals surface area contributed by atoms with Crippen LogP contribution in [0.15, 0.2) is 30.1 Å². The summed E-state index contributed by atoms with van der Waals surface area (Å²) >= 11 is 0. The number of hydrogen-bond donors (Lipinski definition) is 2. The van der Waals surface area contributed by atoms with E-state index in [9.17, 15) is 14.0 Å². The number of hydrogen-bond acceptors (Lipinski definition) is 4. The van der Waals surface area contributed by atoms with E-state index in [4.69, 9.17) is 10.5 Å². The fraction of sp³-hybridized carbons (Fsp3) is 0.444. The minimum atomic E-state index is -0.161. The molecule has 2 rings (SSSR count). The van der Waals surface area contributed by atoms with Crippen LogP contribution in [-0.4, -0.2) is 49.5 Å². The predicted octanol–water partition coefficient (Wildman–Crippen LogP) is 1.40. The van der Waals surface area contributed by atoms with Crippen molar-refractivity contribution in [3.05, 3.63) is 41.2 Å². The van der Waals surface area contributed by atoms with Crippen LogP contribution in [0, 0.1) is 0 Å². The molecule has 7 heteroatoms. The van der Waals surface area contributed by atoms with Crippen molar-refractivity contribution in [2.75, 3.05) is 32.8 Å².